The summed E-state index contributed by atoms with van der Waals surface area (Å²) in [5, 5.41) is 0. The van der Waals surface area contributed by atoms with Gasteiger partial charge >= 0.3 is 0 Å². The largest absolute Gasteiger partial charge is 0.490 e. The zero-order chi connectivity index (χ0) is 11.4. The van der Waals surface area contributed by atoms with Crippen molar-refractivity contribution < 1.29 is 13.9 Å². The SMILES string of the molecule is Fc1ccc(Br)cc1OCC1CCOCC1. The van der Waals surface area contributed by atoms with E-state index in [0.29, 0.717) is 18.3 Å². The Hall–Kier alpha value is -0.610. The van der Waals surface area contributed by atoms with Gasteiger partial charge in [0.2, 0.25) is 0 Å². The van der Waals surface area contributed by atoms with Crippen molar-refractivity contribution in [1.29, 1.82) is 0 Å². The fraction of sp³-hybridized carbons (Fsp3) is 0.500. The van der Waals surface area contributed by atoms with Crippen molar-refractivity contribution in [2.45, 2.75) is 12.8 Å². The number of hydrogen-bond acceptors (Lipinski definition) is 2. The van der Waals surface area contributed by atoms with E-state index in [1.807, 2.05) is 0 Å². The van der Waals surface area contributed by atoms with Crippen LogP contribution in [0.25, 0.3) is 0 Å². The maximum Gasteiger partial charge on any atom is 0.165 e. The first kappa shape index (κ1) is 11.9. The number of hydrogen-bond donors (Lipinski definition) is 0. The lowest BCUT2D eigenvalue weighted by Gasteiger charge is -2.22. The molecule has 0 atom stereocenters. The van der Waals surface area contributed by atoms with Crippen LogP contribution >= 0.6 is 15.9 Å². The Bertz CT molecular complexity index is 351. The standard InChI is InChI=1S/C12H14BrFO2/c13-10-1-2-11(14)12(7-10)16-8-9-3-5-15-6-4-9/h1-2,7,9H,3-6,8H2. The molecule has 0 spiro atoms. The monoisotopic (exact) mass is 288 g/mol. The second-order valence-corrected chi connectivity index (χ2v) is 4.86. The van der Waals surface area contributed by atoms with Crippen molar-refractivity contribution in [3.63, 3.8) is 0 Å². The zero-order valence-corrected chi connectivity index (χ0v) is 10.5. The molecule has 1 aromatic rings. The first-order valence-corrected chi connectivity index (χ1v) is 6.20. The van der Waals surface area contributed by atoms with Crippen molar-refractivity contribution >= 4 is 15.9 Å². The minimum atomic E-state index is -0.310. The van der Waals surface area contributed by atoms with Gasteiger partial charge in [0.25, 0.3) is 0 Å². The highest BCUT2D eigenvalue weighted by Gasteiger charge is 2.15. The minimum absolute atomic E-state index is 0.310. The molecule has 88 valence electrons. The quantitative estimate of drug-likeness (QED) is 0.849. The van der Waals surface area contributed by atoms with Gasteiger partial charge in [0, 0.05) is 17.7 Å². The van der Waals surface area contributed by atoms with Gasteiger partial charge in [-0.1, -0.05) is 15.9 Å². The molecule has 1 aromatic carbocycles. The first-order valence-electron chi connectivity index (χ1n) is 5.41. The van der Waals surface area contributed by atoms with Crippen LogP contribution in [0.3, 0.4) is 0 Å². The van der Waals surface area contributed by atoms with Crippen LogP contribution in [-0.4, -0.2) is 19.8 Å². The van der Waals surface area contributed by atoms with E-state index < -0.39 is 0 Å². The molecule has 0 bridgehead atoms. The van der Waals surface area contributed by atoms with Crippen LogP contribution in [0.5, 0.6) is 5.75 Å². The summed E-state index contributed by atoms with van der Waals surface area (Å²) in [7, 11) is 0. The second-order valence-electron chi connectivity index (χ2n) is 3.94. The highest BCUT2D eigenvalue weighted by atomic mass is 79.9. The Morgan fingerprint density at radius 3 is 2.88 bits per heavy atom. The molecule has 2 rings (SSSR count). The van der Waals surface area contributed by atoms with E-state index in [1.54, 1.807) is 12.1 Å². The summed E-state index contributed by atoms with van der Waals surface area (Å²) in [6.45, 7) is 2.14. The van der Waals surface area contributed by atoms with E-state index in [4.69, 9.17) is 9.47 Å². The fourth-order valence-electron chi connectivity index (χ4n) is 1.71. The average Bonchev–Trinajstić information content (AvgIpc) is 2.32. The third kappa shape index (κ3) is 3.19. The second kappa shape index (κ2) is 5.64. The summed E-state index contributed by atoms with van der Waals surface area (Å²) in [5.74, 6) is 0.489. The maximum absolute atomic E-state index is 13.4. The number of rotatable bonds is 3. The summed E-state index contributed by atoms with van der Waals surface area (Å²) in [6.07, 6.45) is 1.99. The molecule has 0 saturated carbocycles. The Balaban J connectivity index is 1.90. The third-order valence-electron chi connectivity index (χ3n) is 2.71. The van der Waals surface area contributed by atoms with Crippen molar-refractivity contribution in [3.05, 3.63) is 28.5 Å². The van der Waals surface area contributed by atoms with Crippen LogP contribution in [0.2, 0.25) is 0 Å². The van der Waals surface area contributed by atoms with Gasteiger partial charge in [0.05, 0.1) is 6.61 Å². The molecule has 16 heavy (non-hydrogen) atoms. The number of halogens is 2. The van der Waals surface area contributed by atoms with Gasteiger partial charge in [-0.25, -0.2) is 4.39 Å². The Morgan fingerprint density at radius 1 is 1.38 bits per heavy atom. The third-order valence-corrected chi connectivity index (χ3v) is 3.20. The molecule has 1 aliphatic rings. The van der Waals surface area contributed by atoms with Crippen molar-refractivity contribution in [1.82, 2.24) is 0 Å². The lowest BCUT2D eigenvalue weighted by Crippen LogP contribution is -2.21. The highest BCUT2D eigenvalue weighted by molar-refractivity contribution is 9.10. The topological polar surface area (TPSA) is 18.5 Å². The molecule has 1 saturated heterocycles. The van der Waals surface area contributed by atoms with Gasteiger partial charge < -0.3 is 9.47 Å². The summed E-state index contributed by atoms with van der Waals surface area (Å²) in [5.41, 5.74) is 0. The van der Waals surface area contributed by atoms with E-state index in [-0.39, 0.29) is 5.82 Å². The van der Waals surface area contributed by atoms with Gasteiger partial charge in [-0.2, -0.15) is 0 Å². The normalized spacial score (nSPS) is 17.4. The van der Waals surface area contributed by atoms with Crippen LogP contribution in [0.15, 0.2) is 22.7 Å². The van der Waals surface area contributed by atoms with Gasteiger partial charge in [-0.3, -0.25) is 0 Å². The Labute approximate surface area is 103 Å². The molecule has 0 aromatic heterocycles. The molecule has 0 amide bonds. The van der Waals surface area contributed by atoms with Crippen molar-refractivity contribution in [3.8, 4) is 5.75 Å². The van der Waals surface area contributed by atoms with Crippen molar-refractivity contribution in [2.24, 2.45) is 5.92 Å². The smallest absolute Gasteiger partial charge is 0.165 e. The lowest BCUT2D eigenvalue weighted by molar-refractivity contribution is 0.0491. The Kier molecular flexibility index (Phi) is 4.18. The highest BCUT2D eigenvalue weighted by Crippen LogP contribution is 2.24. The van der Waals surface area contributed by atoms with Crippen LogP contribution in [0.1, 0.15) is 12.8 Å². The first-order chi connectivity index (χ1) is 7.75. The predicted octanol–water partition coefficient (Wildman–Crippen LogP) is 3.39. The molecule has 4 heteroatoms. The molecule has 1 aliphatic heterocycles. The summed E-state index contributed by atoms with van der Waals surface area (Å²) in [4.78, 5) is 0. The van der Waals surface area contributed by atoms with Gasteiger partial charge in [-0.15, -0.1) is 0 Å². The molecule has 0 radical (unpaired) electrons. The van der Waals surface area contributed by atoms with Crippen LogP contribution < -0.4 is 4.74 Å². The van der Waals surface area contributed by atoms with E-state index >= 15 is 0 Å². The van der Waals surface area contributed by atoms with E-state index in [9.17, 15) is 4.39 Å². The molecule has 0 N–H and O–H groups in total. The summed E-state index contributed by atoms with van der Waals surface area (Å²) >= 11 is 3.30. The molecule has 0 unspecified atom stereocenters. The fourth-order valence-corrected chi connectivity index (χ4v) is 2.05. The van der Waals surface area contributed by atoms with Gasteiger partial charge in [-0.05, 0) is 37.0 Å². The number of ether oxygens (including phenoxy) is 2. The molecule has 2 nitrogen and oxygen atoms in total. The molecule has 0 aliphatic carbocycles. The van der Waals surface area contributed by atoms with Crippen LogP contribution in [-0.2, 0) is 4.74 Å². The van der Waals surface area contributed by atoms with Crippen molar-refractivity contribution in [2.75, 3.05) is 19.8 Å². The molecule has 1 heterocycles. The minimum Gasteiger partial charge on any atom is -0.490 e. The molecular formula is C12H14BrFO2. The van der Waals surface area contributed by atoms with E-state index in [2.05, 4.69) is 15.9 Å². The predicted molar refractivity (Wildman–Crippen MR) is 63.1 cm³/mol. The molecule has 1 fully saturated rings. The lowest BCUT2D eigenvalue weighted by atomic mass is 10.0. The van der Waals surface area contributed by atoms with E-state index in [0.717, 1.165) is 30.5 Å². The van der Waals surface area contributed by atoms with Gasteiger partial charge in [0.1, 0.15) is 0 Å². The van der Waals surface area contributed by atoms with E-state index in [1.165, 1.54) is 6.07 Å². The zero-order valence-electron chi connectivity index (χ0n) is 8.92. The average molecular weight is 289 g/mol. The van der Waals surface area contributed by atoms with Crippen LogP contribution in [0.4, 0.5) is 4.39 Å². The Morgan fingerprint density at radius 2 is 2.12 bits per heavy atom. The summed E-state index contributed by atoms with van der Waals surface area (Å²) in [6, 6.07) is 4.73. The van der Waals surface area contributed by atoms with Crippen LogP contribution in [0, 0.1) is 11.7 Å². The number of benzene rings is 1. The molecular weight excluding hydrogens is 275 g/mol. The maximum atomic E-state index is 13.4. The summed E-state index contributed by atoms with van der Waals surface area (Å²) < 4.78 is 24.9. The van der Waals surface area contributed by atoms with Gasteiger partial charge in [0.15, 0.2) is 11.6 Å².